The average Bonchev–Trinajstić information content (AvgIpc) is 2.87. The van der Waals surface area contributed by atoms with Crippen LogP contribution in [0.1, 0.15) is 101 Å². The highest BCUT2D eigenvalue weighted by Crippen LogP contribution is 2.47. The van der Waals surface area contributed by atoms with Crippen LogP contribution in [0, 0.1) is 0 Å². The molecule has 2 rings (SSSR count). The Labute approximate surface area is 223 Å². The van der Waals surface area contributed by atoms with Crippen molar-refractivity contribution in [1.82, 2.24) is 0 Å². The molecule has 0 amide bonds. The van der Waals surface area contributed by atoms with Crippen molar-refractivity contribution in [3.05, 3.63) is 59.2 Å². The molecular formula is C31H47ClOP2. The Morgan fingerprint density at radius 2 is 1.06 bits per heavy atom. The quantitative estimate of drug-likeness (QED) is 0.138. The number of hydrogen-bond donors (Lipinski definition) is 0. The predicted molar refractivity (Wildman–Crippen MR) is 162 cm³/mol. The molecule has 0 aromatic heterocycles. The monoisotopic (exact) mass is 532 g/mol. The van der Waals surface area contributed by atoms with E-state index in [1.807, 2.05) is 24.3 Å². The van der Waals surface area contributed by atoms with Crippen LogP contribution in [0.4, 0.5) is 0 Å². The van der Waals surface area contributed by atoms with Crippen LogP contribution < -0.4 is 0 Å². The fraction of sp³-hybridized carbons (Fsp3) is 0.581. The molecule has 194 valence electrons. The van der Waals surface area contributed by atoms with E-state index in [2.05, 4.69) is 45.9 Å². The zero-order valence-corrected chi connectivity index (χ0v) is 25.2. The number of carbonyl (C=O) groups excluding carboxylic acids is 1. The van der Waals surface area contributed by atoms with E-state index in [9.17, 15) is 4.79 Å². The average molecular weight is 533 g/mol. The van der Waals surface area contributed by atoms with Crippen LogP contribution >= 0.6 is 27.4 Å². The van der Waals surface area contributed by atoms with Crippen molar-refractivity contribution in [1.29, 1.82) is 0 Å². The van der Waals surface area contributed by atoms with Crippen molar-refractivity contribution in [2.45, 2.75) is 91.4 Å². The largest absolute Gasteiger partial charge is 0.276 e. The third-order valence-corrected chi connectivity index (χ3v) is 12.3. The highest BCUT2D eigenvalue weighted by Gasteiger charge is 2.16. The summed E-state index contributed by atoms with van der Waals surface area (Å²) in [6.45, 7) is 9.29. The predicted octanol–water partition coefficient (Wildman–Crippen LogP) is 10.9. The van der Waals surface area contributed by atoms with Crippen LogP contribution in [-0.4, -0.2) is 29.9 Å². The molecule has 0 heterocycles. The van der Waals surface area contributed by atoms with E-state index in [1.54, 1.807) is 11.1 Å². The van der Waals surface area contributed by atoms with Crippen LogP contribution in [-0.2, 0) is 12.3 Å². The molecule has 1 nitrogen and oxygen atoms in total. The second-order valence-electron chi connectivity index (χ2n) is 9.80. The molecule has 0 unspecified atom stereocenters. The lowest BCUT2D eigenvalue weighted by Crippen LogP contribution is -2.01. The molecule has 0 aliphatic carbocycles. The maximum Gasteiger partial charge on any atom is 0.252 e. The highest BCUT2D eigenvalue weighted by molar-refractivity contribution is 7.57. The zero-order chi connectivity index (χ0) is 25.5. The van der Waals surface area contributed by atoms with Gasteiger partial charge in [-0.2, -0.15) is 0 Å². The van der Waals surface area contributed by atoms with Crippen molar-refractivity contribution in [2.75, 3.05) is 24.6 Å². The third kappa shape index (κ3) is 11.0. The van der Waals surface area contributed by atoms with Gasteiger partial charge in [-0.3, -0.25) is 4.79 Å². The maximum absolute atomic E-state index is 11.5. The molecule has 35 heavy (non-hydrogen) atoms. The molecule has 0 saturated heterocycles. The van der Waals surface area contributed by atoms with Crippen LogP contribution in [0.5, 0.6) is 0 Å². The second-order valence-corrected chi connectivity index (χ2v) is 15.2. The lowest BCUT2D eigenvalue weighted by Gasteiger charge is -2.23. The first kappa shape index (κ1) is 30.5. The summed E-state index contributed by atoms with van der Waals surface area (Å²) in [6.07, 6.45) is 18.8. The van der Waals surface area contributed by atoms with Gasteiger partial charge < -0.3 is 0 Å². The highest BCUT2D eigenvalue weighted by atomic mass is 35.5. The Balaban J connectivity index is 2.37. The van der Waals surface area contributed by atoms with Gasteiger partial charge in [0, 0.05) is 5.56 Å². The maximum atomic E-state index is 11.5. The molecule has 0 fully saturated rings. The van der Waals surface area contributed by atoms with E-state index in [-0.39, 0.29) is 15.8 Å². The van der Waals surface area contributed by atoms with Crippen LogP contribution in [0.15, 0.2) is 42.5 Å². The number of rotatable bonds is 18. The minimum Gasteiger partial charge on any atom is -0.276 e. The zero-order valence-electron chi connectivity index (χ0n) is 22.6. The number of hydrogen-bond acceptors (Lipinski definition) is 1. The van der Waals surface area contributed by atoms with Gasteiger partial charge in [0.2, 0.25) is 0 Å². The molecule has 2 aromatic rings. The first-order chi connectivity index (χ1) is 17.0. The van der Waals surface area contributed by atoms with Crippen molar-refractivity contribution < 1.29 is 4.79 Å². The summed E-state index contributed by atoms with van der Waals surface area (Å²) < 4.78 is 0. The van der Waals surface area contributed by atoms with Gasteiger partial charge in [0.05, 0.1) is 0 Å². The Kier molecular flexibility index (Phi) is 15.4. The summed E-state index contributed by atoms with van der Waals surface area (Å²) in [5.74, 6) is 0. The van der Waals surface area contributed by atoms with E-state index in [0.717, 1.165) is 0 Å². The van der Waals surface area contributed by atoms with Crippen LogP contribution in [0.3, 0.4) is 0 Å². The van der Waals surface area contributed by atoms with Crippen molar-refractivity contribution in [3.63, 3.8) is 0 Å². The van der Waals surface area contributed by atoms with Crippen molar-refractivity contribution in [2.24, 2.45) is 0 Å². The Hall–Kier alpha value is -0.740. The molecule has 0 bridgehead atoms. The molecule has 0 aliphatic rings. The van der Waals surface area contributed by atoms with E-state index >= 15 is 0 Å². The van der Waals surface area contributed by atoms with E-state index in [0.29, 0.717) is 5.56 Å². The number of benzene rings is 2. The fourth-order valence-corrected chi connectivity index (χ4v) is 10.3. The van der Waals surface area contributed by atoms with Gasteiger partial charge in [0.1, 0.15) is 0 Å². The van der Waals surface area contributed by atoms with Crippen LogP contribution in [0.25, 0.3) is 11.1 Å². The van der Waals surface area contributed by atoms with Gasteiger partial charge in [-0.05, 0) is 109 Å². The number of unbranched alkanes of at least 4 members (excludes halogenated alkanes) is 4. The summed E-state index contributed by atoms with van der Waals surface area (Å²) in [6, 6.07) is 15.0. The minimum atomic E-state index is -0.391. The number of halogens is 1. The molecule has 0 aliphatic heterocycles. The Morgan fingerprint density at radius 1 is 0.629 bits per heavy atom. The van der Waals surface area contributed by atoms with Gasteiger partial charge in [-0.25, -0.2) is 0 Å². The van der Waals surface area contributed by atoms with Crippen molar-refractivity contribution in [3.8, 4) is 11.1 Å². The molecule has 2 aromatic carbocycles. The van der Waals surface area contributed by atoms with Crippen molar-refractivity contribution >= 4 is 32.7 Å². The lowest BCUT2D eigenvalue weighted by molar-refractivity contribution is 0.108. The van der Waals surface area contributed by atoms with Gasteiger partial charge in [0.25, 0.3) is 5.24 Å². The summed E-state index contributed by atoms with van der Waals surface area (Å²) in [4.78, 5) is 11.5. The second kappa shape index (κ2) is 17.7. The standard InChI is InChI=1S/C31H47ClOP2/c1-5-9-19-34(20-10-6-2)24-29-18-17-28(26-13-15-27(16-14-26)31(32)33)23-30(29)25-35(21-11-7-3)22-12-8-4/h13-18,23H,5-12,19-22,24-25H2,1-4H3. The smallest absolute Gasteiger partial charge is 0.252 e. The Bertz CT molecular complexity index is 849. The topological polar surface area (TPSA) is 17.1 Å². The SMILES string of the molecule is CCCCP(CCCC)Cc1ccc(-c2ccc(C(=O)Cl)cc2)cc1CP(CCCC)CCCC. The fourth-order valence-electron chi connectivity index (χ4n) is 4.45. The Morgan fingerprint density at radius 3 is 1.49 bits per heavy atom. The van der Waals surface area contributed by atoms with Gasteiger partial charge in [-0.15, -0.1) is 15.8 Å². The van der Waals surface area contributed by atoms with Gasteiger partial charge in [0.15, 0.2) is 0 Å². The lowest BCUT2D eigenvalue weighted by atomic mass is 9.99. The molecule has 0 N–H and O–H groups in total. The first-order valence-electron chi connectivity index (χ1n) is 13.9. The molecular weight excluding hydrogens is 486 g/mol. The van der Waals surface area contributed by atoms with Gasteiger partial charge >= 0.3 is 0 Å². The van der Waals surface area contributed by atoms with Crippen LogP contribution in [0.2, 0.25) is 0 Å². The van der Waals surface area contributed by atoms with Gasteiger partial charge in [-0.1, -0.05) is 83.7 Å². The third-order valence-electron chi connectivity index (χ3n) is 6.75. The summed E-state index contributed by atoms with van der Waals surface area (Å²) in [5, 5.41) is -0.391. The molecule has 0 saturated carbocycles. The van der Waals surface area contributed by atoms with E-state index < -0.39 is 5.24 Å². The van der Waals surface area contributed by atoms with E-state index in [4.69, 9.17) is 11.6 Å². The summed E-state index contributed by atoms with van der Waals surface area (Å²) in [5.41, 5.74) is 6.21. The molecule has 0 radical (unpaired) electrons. The molecule has 4 heteroatoms. The first-order valence-corrected chi connectivity index (χ1v) is 18.1. The number of carbonyl (C=O) groups is 1. The summed E-state index contributed by atoms with van der Waals surface area (Å²) in [7, 11) is 0.106. The normalized spacial score (nSPS) is 11.5. The molecule has 0 atom stereocenters. The summed E-state index contributed by atoms with van der Waals surface area (Å²) >= 11 is 5.67. The molecule has 0 spiro atoms. The minimum absolute atomic E-state index is 0.0382. The van der Waals surface area contributed by atoms with E-state index in [1.165, 1.54) is 99.5 Å².